The summed E-state index contributed by atoms with van der Waals surface area (Å²) in [5, 5.41) is 12.0. The maximum absolute atomic E-state index is 12.4. The Morgan fingerprint density at radius 2 is 1.75 bits per heavy atom. The van der Waals surface area contributed by atoms with Crippen LogP contribution in [0, 0.1) is 0 Å². The molecule has 0 saturated heterocycles. The lowest BCUT2D eigenvalue weighted by atomic mass is 9.81. The normalized spacial score (nSPS) is 12.5. The van der Waals surface area contributed by atoms with Gasteiger partial charge >= 0.3 is 5.97 Å². The minimum absolute atomic E-state index is 0.0935. The van der Waals surface area contributed by atoms with E-state index in [-0.39, 0.29) is 11.3 Å². The molecule has 0 fully saturated rings. The molecule has 0 aliphatic rings. The number of rotatable bonds is 6. The van der Waals surface area contributed by atoms with Crippen molar-refractivity contribution in [2.24, 2.45) is 0 Å². The number of nitrogens with one attached hydrogen (secondary N) is 1. The van der Waals surface area contributed by atoms with E-state index in [1.165, 1.54) is 0 Å². The molecule has 126 valence electrons. The topological polar surface area (TPSA) is 66.4 Å². The standard InChI is InChI=1S/C20H23NO3/c1-14(19(23)24)15-8-7-11-17(12-15)21-18(22)13-20(2,3)16-9-5-4-6-10-16/h4-12,14H,13H2,1-3H3,(H,21,22)(H,23,24). The SMILES string of the molecule is CC(C(=O)O)c1cccc(NC(=O)CC(C)(C)c2ccccc2)c1. The zero-order valence-corrected chi connectivity index (χ0v) is 14.2. The summed E-state index contributed by atoms with van der Waals surface area (Å²) < 4.78 is 0. The van der Waals surface area contributed by atoms with Crippen LogP contribution in [0.1, 0.15) is 44.2 Å². The van der Waals surface area contributed by atoms with Crippen LogP contribution in [-0.2, 0) is 15.0 Å². The van der Waals surface area contributed by atoms with Gasteiger partial charge in [-0.2, -0.15) is 0 Å². The third-order valence-corrected chi connectivity index (χ3v) is 4.20. The van der Waals surface area contributed by atoms with Gasteiger partial charge in [-0.3, -0.25) is 9.59 Å². The van der Waals surface area contributed by atoms with Crippen LogP contribution in [0.5, 0.6) is 0 Å². The molecule has 0 spiro atoms. The molecule has 2 aromatic carbocycles. The largest absolute Gasteiger partial charge is 0.481 e. The molecule has 1 atom stereocenters. The van der Waals surface area contributed by atoms with Crippen molar-refractivity contribution in [1.29, 1.82) is 0 Å². The van der Waals surface area contributed by atoms with E-state index in [2.05, 4.69) is 5.32 Å². The molecule has 0 aliphatic heterocycles. The smallest absolute Gasteiger partial charge is 0.310 e. The van der Waals surface area contributed by atoms with Gasteiger partial charge in [0, 0.05) is 12.1 Å². The third kappa shape index (κ3) is 4.44. The van der Waals surface area contributed by atoms with Crippen molar-refractivity contribution < 1.29 is 14.7 Å². The number of aliphatic carboxylic acids is 1. The van der Waals surface area contributed by atoms with Gasteiger partial charge in [0.1, 0.15) is 0 Å². The number of anilines is 1. The molecule has 0 heterocycles. The van der Waals surface area contributed by atoms with Crippen LogP contribution in [0.4, 0.5) is 5.69 Å². The lowest BCUT2D eigenvalue weighted by molar-refractivity contribution is -0.138. The zero-order chi connectivity index (χ0) is 17.7. The number of amides is 1. The van der Waals surface area contributed by atoms with Crippen molar-refractivity contribution in [1.82, 2.24) is 0 Å². The van der Waals surface area contributed by atoms with Gasteiger partial charge < -0.3 is 10.4 Å². The highest BCUT2D eigenvalue weighted by atomic mass is 16.4. The second kappa shape index (κ2) is 7.30. The number of benzene rings is 2. The van der Waals surface area contributed by atoms with Crippen LogP contribution in [-0.4, -0.2) is 17.0 Å². The molecule has 1 amide bonds. The fraction of sp³-hybridized carbons (Fsp3) is 0.300. The highest BCUT2D eigenvalue weighted by molar-refractivity contribution is 5.92. The molecular formula is C20H23NO3. The second-order valence-corrected chi connectivity index (χ2v) is 6.66. The van der Waals surface area contributed by atoms with E-state index in [1.807, 2.05) is 44.2 Å². The predicted octanol–water partition coefficient (Wildman–Crippen LogP) is 4.18. The first kappa shape index (κ1) is 17.7. The highest BCUT2D eigenvalue weighted by Crippen LogP contribution is 2.27. The summed E-state index contributed by atoms with van der Waals surface area (Å²) in [7, 11) is 0. The lowest BCUT2D eigenvalue weighted by Gasteiger charge is -2.24. The van der Waals surface area contributed by atoms with Gasteiger partial charge in [-0.15, -0.1) is 0 Å². The number of carboxylic acid groups (broad SMARTS) is 1. The molecule has 1 unspecified atom stereocenters. The van der Waals surface area contributed by atoms with Gasteiger partial charge in [-0.25, -0.2) is 0 Å². The molecule has 0 aromatic heterocycles. The number of carbonyl (C=O) groups is 2. The van der Waals surface area contributed by atoms with Gasteiger partial charge in [0.25, 0.3) is 0 Å². The fourth-order valence-electron chi connectivity index (χ4n) is 2.63. The molecule has 2 aromatic rings. The Hall–Kier alpha value is -2.62. The maximum atomic E-state index is 12.4. The van der Waals surface area contributed by atoms with E-state index < -0.39 is 11.9 Å². The monoisotopic (exact) mass is 325 g/mol. The second-order valence-electron chi connectivity index (χ2n) is 6.66. The Labute approximate surface area is 142 Å². The fourth-order valence-corrected chi connectivity index (χ4v) is 2.63. The summed E-state index contributed by atoms with van der Waals surface area (Å²) in [4.78, 5) is 23.5. The average molecular weight is 325 g/mol. The number of hydrogen-bond acceptors (Lipinski definition) is 2. The summed E-state index contributed by atoms with van der Waals surface area (Å²) in [5.41, 5.74) is 2.11. The highest BCUT2D eigenvalue weighted by Gasteiger charge is 2.24. The van der Waals surface area contributed by atoms with Crippen LogP contribution in [0.25, 0.3) is 0 Å². The molecule has 4 heteroatoms. The number of hydrogen-bond donors (Lipinski definition) is 2. The van der Waals surface area contributed by atoms with Gasteiger partial charge in [0.15, 0.2) is 0 Å². The number of carboxylic acids is 1. The van der Waals surface area contributed by atoms with Crippen LogP contribution in [0.15, 0.2) is 54.6 Å². The maximum Gasteiger partial charge on any atom is 0.310 e. The predicted molar refractivity (Wildman–Crippen MR) is 95.2 cm³/mol. The van der Waals surface area contributed by atoms with Gasteiger partial charge in [-0.05, 0) is 35.6 Å². The Morgan fingerprint density at radius 1 is 1.08 bits per heavy atom. The Bertz CT molecular complexity index is 723. The van der Waals surface area contributed by atoms with Gasteiger partial charge in [0.2, 0.25) is 5.91 Å². The van der Waals surface area contributed by atoms with Gasteiger partial charge in [0.05, 0.1) is 5.92 Å². The Balaban J connectivity index is 2.07. The molecule has 0 bridgehead atoms. The third-order valence-electron chi connectivity index (χ3n) is 4.20. The summed E-state index contributed by atoms with van der Waals surface area (Å²) >= 11 is 0. The van der Waals surface area contributed by atoms with Crippen molar-refractivity contribution in [2.75, 3.05) is 5.32 Å². The first-order valence-electron chi connectivity index (χ1n) is 7.98. The zero-order valence-electron chi connectivity index (χ0n) is 14.2. The van der Waals surface area contributed by atoms with Crippen molar-refractivity contribution in [2.45, 2.75) is 38.5 Å². The minimum Gasteiger partial charge on any atom is -0.481 e. The first-order chi connectivity index (χ1) is 11.3. The molecule has 2 rings (SSSR count). The van der Waals surface area contributed by atoms with Gasteiger partial charge in [-0.1, -0.05) is 56.3 Å². The molecule has 0 radical (unpaired) electrons. The molecule has 4 nitrogen and oxygen atoms in total. The van der Waals surface area contributed by atoms with E-state index in [9.17, 15) is 9.59 Å². The Morgan fingerprint density at radius 3 is 2.38 bits per heavy atom. The van der Waals surface area contributed by atoms with E-state index in [1.54, 1.807) is 31.2 Å². The molecule has 0 aliphatic carbocycles. The molecule has 0 saturated carbocycles. The first-order valence-corrected chi connectivity index (χ1v) is 7.98. The van der Waals surface area contributed by atoms with E-state index in [4.69, 9.17) is 5.11 Å². The van der Waals surface area contributed by atoms with E-state index in [0.29, 0.717) is 17.7 Å². The summed E-state index contributed by atoms with van der Waals surface area (Å²) in [5.74, 6) is -1.59. The summed E-state index contributed by atoms with van der Waals surface area (Å²) in [6.07, 6.45) is 0.343. The van der Waals surface area contributed by atoms with Crippen molar-refractivity contribution in [3.63, 3.8) is 0 Å². The van der Waals surface area contributed by atoms with Crippen molar-refractivity contribution in [3.05, 3.63) is 65.7 Å². The van der Waals surface area contributed by atoms with Crippen molar-refractivity contribution in [3.8, 4) is 0 Å². The van der Waals surface area contributed by atoms with Crippen LogP contribution < -0.4 is 5.32 Å². The van der Waals surface area contributed by atoms with Crippen LogP contribution in [0.2, 0.25) is 0 Å². The van der Waals surface area contributed by atoms with Crippen LogP contribution in [0.3, 0.4) is 0 Å². The minimum atomic E-state index is -0.885. The van der Waals surface area contributed by atoms with Crippen LogP contribution >= 0.6 is 0 Å². The average Bonchev–Trinajstić information content (AvgIpc) is 2.54. The summed E-state index contributed by atoms with van der Waals surface area (Å²) in [6.45, 7) is 5.69. The van der Waals surface area contributed by atoms with Crippen molar-refractivity contribution >= 4 is 17.6 Å². The quantitative estimate of drug-likeness (QED) is 0.837. The Kier molecular flexibility index (Phi) is 5.39. The lowest BCUT2D eigenvalue weighted by Crippen LogP contribution is -2.25. The summed E-state index contributed by atoms with van der Waals surface area (Å²) in [6, 6.07) is 16.9. The molecule has 24 heavy (non-hydrogen) atoms. The van der Waals surface area contributed by atoms with E-state index >= 15 is 0 Å². The van der Waals surface area contributed by atoms with E-state index in [0.717, 1.165) is 5.56 Å². The molecular weight excluding hydrogens is 302 g/mol. The number of carbonyl (C=O) groups excluding carboxylic acids is 1. The molecule has 2 N–H and O–H groups in total.